The van der Waals surface area contributed by atoms with Crippen LogP contribution in [0.4, 0.5) is 0 Å². The summed E-state index contributed by atoms with van der Waals surface area (Å²) in [5.41, 5.74) is 0.673. The summed E-state index contributed by atoms with van der Waals surface area (Å²) in [6.45, 7) is 1.78. The minimum Gasteiger partial charge on any atom is -0.495 e. The number of nitrogens with zero attached hydrogens (tertiary/aromatic N) is 2. The van der Waals surface area contributed by atoms with Gasteiger partial charge in [0.2, 0.25) is 0 Å². The maximum atomic E-state index is 12.5. The molecular weight excluding hydrogens is 252 g/mol. The molecule has 0 saturated heterocycles. The largest absolute Gasteiger partial charge is 0.495 e. The highest BCUT2D eigenvalue weighted by molar-refractivity contribution is 7.93. The molecule has 5 nitrogen and oxygen atoms in total. The molecule has 0 atom stereocenters. The number of hydrogen-bond donors (Lipinski definition) is 0. The monoisotopic (exact) mass is 266 g/mol. The van der Waals surface area contributed by atoms with E-state index in [2.05, 4.69) is 4.98 Å². The Morgan fingerprint density at radius 1 is 1.44 bits per heavy atom. The standard InChI is InChI=1S/C12H14N2O3S/c1-12(3-4-12)18(15,16)10-8-14-6-5-13-11(14)7-9(10)17-2/h5-8H,3-4H2,1-2H3. The normalized spacial score (nSPS) is 17.9. The van der Waals surface area contributed by atoms with Crippen molar-refractivity contribution in [2.24, 2.45) is 0 Å². The molecule has 6 heteroatoms. The van der Waals surface area contributed by atoms with Crippen LogP contribution in [0.2, 0.25) is 0 Å². The molecule has 1 aliphatic carbocycles. The summed E-state index contributed by atoms with van der Waals surface area (Å²) >= 11 is 0. The van der Waals surface area contributed by atoms with Crippen molar-refractivity contribution in [1.82, 2.24) is 9.38 Å². The smallest absolute Gasteiger partial charge is 0.188 e. The molecule has 1 saturated carbocycles. The van der Waals surface area contributed by atoms with E-state index in [4.69, 9.17) is 4.74 Å². The van der Waals surface area contributed by atoms with Gasteiger partial charge in [-0.3, -0.25) is 0 Å². The molecule has 0 N–H and O–H groups in total. The number of aromatic nitrogens is 2. The molecule has 96 valence electrons. The molecule has 0 spiro atoms. The minimum atomic E-state index is -3.35. The lowest BCUT2D eigenvalue weighted by molar-refractivity contribution is 0.401. The Kier molecular flexibility index (Phi) is 2.22. The molecule has 1 aliphatic rings. The van der Waals surface area contributed by atoms with Crippen molar-refractivity contribution in [3.8, 4) is 5.75 Å². The van der Waals surface area contributed by atoms with Crippen LogP contribution < -0.4 is 4.74 Å². The van der Waals surface area contributed by atoms with E-state index in [1.54, 1.807) is 36.0 Å². The van der Waals surface area contributed by atoms with E-state index in [0.29, 0.717) is 24.2 Å². The zero-order valence-electron chi connectivity index (χ0n) is 10.3. The summed E-state index contributed by atoms with van der Waals surface area (Å²) in [5.74, 6) is 0.363. The molecule has 18 heavy (non-hydrogen) atoms. The Hall–Kier alpha value is -1.56. The number of sulfone groups is 1. The van der Waals surface area contributed by atoms with Gasteiger partial charge in [-0.25, -0.2) is 13.4 Å². The first kappa shape index (κ1) is 11.5. The Morgan fingerprint density at radius 2 is 2.17 bits per heavy atom. The van der Waals surface area contributed by atoms with E-state index in [0.717, 1.165) is 0 Å². The average molecular weight is 266 g/mol. The third-order valence-electron chi connectivity index (χ3n) is 3.57. The van der Waals surface area contributed by atoms with E-state index in [9.17, 15) is 8.42 Å². The van der Waals surface area contributed by atoms with Gasteiger partial charge in [0.1, 0.15) is 16.3 Å². The summed E-state index contributed by atoms with van der Waals surface area (Å²) in [7, 11) is -1.88. The van der Waals surface area contributed by atoms with Crippen LogP contribution in [0.15, 0.2) is 29.6 Å². The number of ether oxygens (including phenoxy) is 1. The van der Waals surface area contributed by atoms with Gasteiger partial charge in [-0.15, -0.1) is 0 Å². The van der Waals surface area contributed by atoms with Crippen molar-refractivity contribution < 1.29 is 13.2 Å². The van der Waals surface area contributed by atoms with E-state index in [1.165, 1.54) is 7.11 Å². The van der Waals surface area contributed by atoms with Crippen molar-refractivity contribution in [3.63, 3.8) is 0 Å². The molecule has 0 amide bonds. The number of methoxy groups -OCH3 is 1. The maximum absolute atomic E-state index is 12.5. The van der Waals surface area contributed by atoms with Crippen LogP contribution in [0.25, 0.3) is 5.65 Å². The number of fused-ring (bicyclic) bond motifs is 1. The zero-order chi connectivity index (χ0) is 13.0. The van der Waals surface area contributed by atoms with Crippen LogP contribution in [0.1, 0.15) is 19.8 Å². The van der Waals surface area contributed by atoms with Gasteiger partial charge in [0.05, 0.1) is 11.9 Å². The second-order valence-corrected chi connectivity index (χ2v) is 7.28. The predicted octanol–water partition coefficient (Wildman–Crippen LogP) is 1.67. The number of pyridine rings is 1. The first-order valence-electron chi connectivity index (χ1n) is 5.73. The van der Waals surface area contributed by atoms with Gasteiger partial charge in [-0.2, -0.15) is 0 Å². The minimum absolute atomic E-state index is 0.246. The highest BCUT2D eigenvalue weighted by atomic mass is 32.2. The lowest BCUT2D eigenvalue weighted by atomic mass is 10.4. The SMILES string of the molecule is COc1cc2nccn2cc1S(=O)(=O)C1(C)CC1. The third kappa shape index (κ3) is 1.45. The molecule has 0 aliphatic heterocycles. The maximum Gasteiger partial charge on any atom is 0.188 e. The van der Waals surface area contributed by atoms with Crippen LogP contribution in [-0.2, 0) is 9.84 Å². The number of rotatable bonds is 3. The Balaban J connectivity index is 2.27. The molecule has 3 rings (SSSR count). The van der Waals surface area contributed by atoms with Crippen molar-refractivity contribution in [2.45, 2.75) is 29.4 Å². The van der Waals surface area contributed by atoms with Gasteiger partial charge in [-0.05, 0) is 19.8 Å². The topological polar surface area (TPSA) is 60.7 Å². The summed E-state index contributed by atoms with van der Waals surface area (Å²) in [4.78, 5) is 4.36. The zero-order valence-corrected chi connectivity index (χ0v) is 11.1. The molecule has 2 aromatic heterocycles. The van der Waals surface area contributed by atoms with Gasteiger partial charge >= 0.3 is 0 Å². The highest BCUT2D eigenvalue weighted by Gasteiger charge is 2.51. The van der Waals surface area contributed by atoms with Crippen LogP contribution in [0.3, 0.4) is 0 Å². The third-order valence-corrected chi connectivity index (χ3v) is 6.16. The molecule has 0 radical (unpaired) electrons. The van der Waals surface area contributed by atoms with Gasteiger partial charge in [0, 0.05) is 24.7 Å². The fourth-order valence-corrected chi connectivity index (χ4v) is 3.83. The van der Waals surface area contributed by atoms with E-state index in [1.807, 2.05) is 0 Å². The first-order chi connectivity index (χ1) is 8.48. The quantitative estimate of drug-likeness (QED) is 0.848. The number of hydrogen-bond acceptors (Lipinski definition) is 4. The van der Waals surface area contributed by atoms with Crippen LogP contribution in [-0.4, -0.2) is 29.7 Å². The fraction of sp³-hybridized carbons (Fsp3) is 0.417. The van der Waals surface area contributed by atoms with Crippen molar-refractivity contribution in [1.29, 1.82) is 0 Å². The summed E-state index contributed by atoms with van der Waals surface area (Å²) in [6, 6.07) is 1.65. The van der Waals surface area contributed by atoms with Crippen molar-refractivity contribution >= 4 is 15.5 Å². The molecule has 0 unspecified atom stereocenters. The lowest BCUT2D eigenvalue weighted by Gasteiger charge is -2.14. The summed E-state index contributed by atoms with van der Waals surface area (Å²) in [5, 5.41) is 0. The average Bonchev–Trinajstić information content (AvgIpc) is 2.94. The van der Waals surface area contributed by atoms with Gasteiger partial charge in [-0.1, -0.05) is 0 Å². The Bertz CT molecular complexity index is 714. The van der Waals surface area contributed by atoms with Crippen molar-refractivity contribution in [3.05, 3.63) is 24.7 Å². The van der Waals surface area contributed by atoms with Crippen LogP contribution in [0.5, 0.6) is 5.75 Å². The highest BCUT2D eigenvalue weighted by Crippen LogP contribution is 2.47. The molecular formula is C12H14N2O3S. The van der Waals surface area contributed by atoms with Crippen LogP contribution >= 0.6 is 0 Å². The number of imidazole rings is 1. The second kappa shape index (κ2) is 3.47. The van der Waals surface area contributed by atoms with E-state index in [-0.39, 0.29) is 4.90 Å². The Labute approximate surface area is 105 Å². The molecule has 0 bridgehead atoms. The molecule has 2 aromatic rings. The van der Waals surface area contributed by atoms with E-state index < -0.39 is 14.6 Å². The molecule has 1 fully saturated rings. The van der Waals surface area contributed by atoms with Crippen molar-refractivity contribution in [2.75, 3.05) is 7.11 Å². The van der Waals surface area contributed by atoms with Gasteiger partial charge < -0.3 is 9.14 Å². The van der Waals surface area contributed by atoms with Gasteiger partial charge in [0.15, 0.2) is 9.84 Å². The van der Waals surface area contributed by atoms with Gasteiger partial charge in [0.25, 0.3) is 0 Å². The fourth-order valence-electron chi connectivity index (χ4n) is 2.00. The van der Waals surface area contributed by atoms with Crippen LogP contribution in [0, 0.1) is 0 Å². The second-order valence-electron chi connectivity index (χ2n) is 4.85. The summed E-state index contributed by atoms with van der Waals surface area (Å²) in [6.07, 6.45) is 6.36. The summed E-state index contributed by atoms with van der Waals surface area (Å²) < 4.78 is 31.4. The first-order valence-corrected chi connectivity index (χ1v) is 7.22. The predicted molar refractivity (Wildman–Crippen MR) is 66.6 cm³/mol. The molecule has 2 heterocycles. The molecule has 0 aromatic carbocycles. The Morgan fingerprint density at radius 3 is 2.78 bits per heavy atom. The lowest BCUT2D eigenvalue weighted by Crippen LogP contribution is -2.20. The van der Waals surface area contributed by atoms with E-state index >= 15 is 0 Å².